The van der Waals surface area contributed by atoms with E-state index in [2.05, 4.69) is 0 Å². The van der Waals surface area contributed by atoms with Gasteiger partial charge in [0.25, 0.3) is 5.91 Å². The zero-order valence-corrected chi connectivity index (χ0v) is 10.5. The highest BCUT2D eigenvalue weighted by atomic mass is 32.1. The van der Waals surface area contributed by atoms with Crippen molar-refractivity contribution in [2.24, 2.45) is 5.73 Å². The molecule has 0 aromatic heterocycles. The summed E-state index contributed by atoms with van der Waals surface area (Å²) in [4.78, 5) is 13.8. The van der Waals surface area contributed by atoms with Crippen LogP contribution in [-0.2, 0) is 0 Å². The summed E-state index contributed by atoms with van der Waals surface area (Å²) in [7, 11) is 1.71. The first kappa shape index (κ1) is 13.6. The number of benzene rings is 1. The molecule has 1 rings (SSSR count). The first-order valence-electron chi connectivity index (χ1n) is 5.32. The zero-order valence-electron chi connectivity index (χ0n) is 9.72. The van der Waals surface area contributed by atoms with Gasteiger partial charge in [-0.3, -0.25) is 4.79 Å². The number of aliphatic hydroxyl groups excluding tert-OH is 1. The lowest BCUT2D eigenvalue weighted by Crippen LogP contribution is -2.28. The summed E-state index contributed by atoms with van der Waals surface area (Å²) in [5.74, 6) is -0.0760. The van der Waals surface area contributed by atoms with E-state index in [0.717, 1.165) is 5.56 Å². The number of rotatable bonds is 5. The van der Waals surface area contributed by atoms with E-state index < -0.39 is 0 Å². The number of amides is 1. The standard InChI is InChI=1S/C12H16N2O2S/c1-14(7-2-8-15)12(16)10-5-3-9(4-6-10)11(13)17/h3-6,15H,2,7-8H2,1H3,(H2,13,17). The number of nitrogens with zero attached hydrogens (tertiary/aromatic N) is 1. The van der Waals surface area contributed by atoms with Gasteiger partial charge in [-0.1, -0.05) is 24.4 Å². The summed E-state index contributed by atoms with van der Waals surface area (Å²) >= 11 is 4.83. The van der Waals surface area contributed by atoms with E-state index in [-0.39, 0.29) is 12.5 Å². The van der Waals surface area contributed by atoms with Gasteiger partial charge in [-0.05, 0) is 18.6 Å². The van der Waals surface area contributed by atoms with Crippen LogP contribution in [0.2, 0.25) is 0 Å². The third kappa shape index (κ3) is 3.80. The van der Waals surface area contributed by atoms with E-state index in [1.54, 1.807) is 36.2 Å². The maximum Gasteiger partial charge on any atom is 0.253 e. The molecule has 4 nitrogen and oxygen atoms in total. The Morgan fingerprint density at radius 2 is 1.88 bits per heavy atom. The molecule has 17 heavy (non-hydrogen) atoms. The normalized spacial score (nSPS) is 10.0. The predicted molar refractivity (Wildman–Crippen MR) is 71.0 cm³/mol. The van der Waals surface area contributed by atoms with Gasteiger partial charge in [0.2, 0.25) is 0 Å². The van der Waals surface area contributed by atoms with Crippen LogP contribution in [0.5, 0.6) is 0 Å². The Balaban J connectivity index is 2.72. The van der Waals surface area contributed by atoms with Crippen molar-refractivity contribution in [2.45, 2.75) is 6.42 Å². The van der Waals surface area contributed by atoms with Crippen LogP contribution in [-0.4, -0.2) is 41.1 Å². The van der Waals surface area contributed by atoms with E-state index >= 15 is 0 Å². The Morgan fingerprint density at radius 1 is 1.35 bits per heavy atom. The fraction of sp³-hybridized carbons (Fsp3) is 0.333. The second kappa shape index (κ2) is 6.32. The van der Waals surface area contributed by atoms with Crippen molar-refractivity contribution in [2.75, 3.05) is 20.2 Å². The fourth-order valence-electron chi connectivity index (χ4n) is 1.41. The van der Waals surface area contributed by atoms with Crippen LogP contribution in [0.15, 0.2) is 24.3 Å². The van der Waals surface area contributed by atoms with Gasteiger partial charge in [0.15, 0.2) is 0 Å². The molecule has 0 saturated heterocycles. The van der Waals surface area contributed by atoms with Crippen LogP contribution in [0, 0.1) is 0 Å². The van der Waals surface area contributed by atoms with E-state index in [0.29, 0.717) is 23.5 Å². The quantitative estimate of drug-likeness (QED) is 0.760. The molecule has 1 aromatic rings. The molecule has 0 bridgehead atoms. The van der Waals surface area contributed by atoms with Gasteiger partial charge in [-0.15, -0.1) is 0 Å². The third-order valence-corrected chi connectivity index (χ3v) is 2.65. The molecule has 1 amide bonds. The van der Waals surface area contributed by atoms with E-state index in [1.807, 2.05) is 0 Å². The monoisotopic (exact) mass is 252 g/mol. The Hall–Kier alpha value is -1.46. The first-order chi connectivity index (χ1) is 8.06. The molecule has 0 saturated carbocycles. The van der Waals surface area contributed by atoms with Gasteiger partial charge in [-0.25, -0.2) is 0 Å². The average Bonchev–Trinajstić information content (AvgIpc) is 2.35. The summed E-state index contributed by atoms with van der Waals surface area (Å²) in [6.45, 7) is 0.615. The van der Waals surface area contributed by atoms with Crippen molar-refractivity contribution in [1.29, 1.82) is 0 Å². The molecule has 5 heteroatoms. The predicted octanol–water partition coefficient (Wildman–Crippen LogP) is 0.775. The van der Waals surface area contributed by atoms with Gasteiger partial charge < -0.3 is 15.7 Å². The van der Waals surface area contributed by atoms with E-state index in [9.17, 15) is 4.79 Å². The first-order valence-corrected chi connectivity index (χ1v) is 5.73. The summed E-state index contributed by atoms with van der Waals surface area (Å²) in [5, 5.41) is 8.70. The summed E-state index contributed by atoms with van der Waals surface area (Å²) in [5.41, 5.74) is 6.81. The molecule has 0 radical (unpaired) electrons. The lowest BCUT2D eigenvalue weighted by atomic mass is 10.1. The maximum absolute atomic E-state index is 11.9. The molecule has 0 aliphatic carbocycles. The van der Waals surface area contributed by atoms with Crippen molar-refractivity contribution < 1.29 is 9.90 Å². The van der Waals surface area contributed by atoms with Gasteiger partial charge >= 0.3 is 0 Å². The number of carbonyl (C=O) groups excluding carboxylic acids is 1. The van der Waals surface area contributed by atoms with Crippen molar-refractivity contribution in [3.8, 4) is 0 Å². The van der Waals surface area contributed by atoms with Crippen LogP contribution in [0.3, 0.4) is 0 Å². The highest BCUT2D eigenvalue weighted by Gasteiger charge is 2.10. The molecule has 1 aromatic carbocycles. The van der Waals surface area contributed by atoms with Crippen molar-refractivity contribution in [3.63, 3.8) is 0 Å². The molecule has 0 aliphatic rings. The SMILES string of the molecule is CN(CCCO)C(=O)c1ccc(C(N)=S)cc1. The summed E-state index contributed by atoms with van der Waals surface area (Å²) in [6, 6.07) is 6.86. The van der Waals surface area contributed by atoms with Crippen LogP contribution in [0.1, 0.15) is 22.3 Å². The minimum Gasteiger partial charge on any atom is -0.396 e. The highest BCUT2D eigenvalue weighted by molar-refractivity contribution is 7.80. The van der Waals surface area contributed by atoms with Crippen LogP contribution in [0.4, 0.5) is 0 Å². The molecule has 0 heterocycles. The largest absolute Gasteiger partial charge is 0.396 e. The van der Waals surface area contributed by atoms with Crippen molar-refractivity contribution in [3.05, 3.63) is 35.4 Å². The number of carbonyl (C=O) groups is 1. The molecule has 0 fully saturated rings. The molecular weight excluding hydrogens is 236 g/mol. The van der Waals surface area contributed by atoms with Crippen molar-refractivity contribution >= 4 is 23.1 Å². The molecule has 0 aliphatic heterocycles. The Morgan fingerprint density at radius 3 is 2.35 bits per heavy atom. The fourth-order valence-corrected chi connectivity index (χ4v) is 1.54. The second-order valence-corrected chi connectivity index (χ2v) is 4.19. The van der Waals surface area contributed by atoms with Crippen LogP contribution >= 0.6 is 12.2 Å². The lowest BCUT2D eigenvalue weighted by molar-refractivity contribution is 0.0786. The third-order valence-electron chi connectivity index (χ3n) is 2.41. The summed E-state index contributed by atoms with van der Waals surface area (Å²) < 4.78 is 0. The van der Waals surface area contributed by atoms with Gasteiger partial charge in [0, 0.05) is 31.3 Å². The topological polar surface area (TPSA) is 66.6 Å². The molecule has 0 atom stereocenters. The smallest absolute Gasteiger partial charge is 0.253 e. The molecule has 92 valence electrons. The Labute approximate surface area is 106 Å². The Kier molecular flexibility index (Phi) is 5.06. The van der Waals surface area contributed by atoms with E-state index in [1.165, 1.54) is 0 Å². The molecule has 0 spiro atoms. The minimum atomic E-state index is -0.0760. The highest BCUT2D eigenvalue weighted by Crippen LogP contribution is 2.07. The van der Waals surface area contributed by atoms with Gasteiger partial charge in [0.1, 0.15) is 4.99 Å². The minimum absolute atomic E-state index is 0.0760. The molecular formula is C12H16N2O2S. The lowest BCUT2D eigenvalue weighted by Gasteiger charge is -2.16. The van der Waals surface area contributed by atoms with E-state index in [4.69, 9.17) is 23.1 Å². The molecule has 0 unspecified atom stereocenters. The summed E-state index contributed by atoms with van der Waals surface area (Å²) in [6.07, 6.45) is 0.577. The number of nitrogens with two attached hydrogens (primary N) is 1. The van der Waals surface area contributed by atoms with Crippen LogP contribution in [0.25, 0.3) is 0 Å². The van der Waals surface area contributed by atoms with Gasteiger partial charge in [0.05, 0.1) is 0 Å². The maximum atomic E-state index is 11.9. The zero-order chi connectivity index (χ0) is 12.8. The number of hydrogen-bond donors (Lipinski definition) is 2. The van der Waals surface area contributed by atoms with Gasteiger partial charge in [-0.2, -0.15) is 0 Å². The van der Waals surface area contributed by atoms with Crippen LogP contribution < -0.4 is 5.73 Å². The Bertz CT molecular complexity index is 403. The second-order valence-electron chi connectivity index (χ2n) is 3.75. The molecule has 3 N–H and O–H groups in total. The van der Waals surface area contributed by atoms with Crippen molar-refractivity contribution in [1.82, 2.24) is 4.90 Å². The number of aliphatic hydroxyl groups is 1. The average molecular weight is 252 g/mol. The number of thiocarbonyl (C=S) groups is 1. The number of hydrogen-bond acceptors (Lipinski definition) is 3.